The predicted octanol–water partition coefficient (Wildman–Crippen LogP) is 4.26. The third-order valence-electron chi connectivity index (χ3n) is 2.71. The number of hydrogen-bond donors (Lipinski definition) is 0. The second kappa shape index (κ2) is 5.84. The van der Waals surface area contributed by atoms with E-state index in [1.54, 1.807) is 6.07 Å². The molecule has 1 aromatic carbocycles. The van der Waals surface area contributed by atoms with Gasteiger partial charge in [0, 0.05) is 35.3 Å². The first-order valence-electron chi connectivity index (χ1n) is 5.85. The lowest BCUT2D eigenvalue weighted by Gasteiger charge is -2.08. The summed E-state index contributed by atoms with van der Waals surface area (Å²) in [7, 11) is 0. The maximum atomic E-state index is 11.9. The van der Waals surface area contributed by atoms with Gasteiger partial charge in [-0.05, 0) is 24.6 Å². The zero-order valence-electron chi connectivity index (χ0n) is 10.1. The Morgan fingerprint density at radius 2 is 2.00 bits per heavy atom. The van der Waals surface area contributed by atoms with Crippen LogP contribution in [0.25, 0.3) is 10.9 Å². The van der Waals surface area contributed by atoms with E-state index in [1.807, 2.05) is 29.0 Å². The quantitative estimate of drug-likeness (QED) is 0.751. The largest absolute Gasteiger partial charge is 0.411 e. The first kappa shape index (κ1) is 14.2. The normalized spacial score (nSPS) is 12.2. The molecule has 2 aromatic rings. The number of halogens is 4. The lowest BCUT2D eigenvalue weighted by molar-refractivity contribution is -0.174. The number of hydrogen-bond acceptors (Lipinski definition) is 1. The number of rotatable bonds is 5. The van der Waals surface area contributed by atoms with Crippen molar-refractivity contribution in [1.29, 1.82) is 0 Å². The Hall–Kier alpha value is -1.20. The average molecular weight is 292 g/mol. The predicted molar refractivity (Wildman–Crippen MR) is 68.4 cm³/mol. The molecule has 0 aliphatic carbocycles. The topological polar surface area (TPSA) is 14.2 Å². The summed E-state index contributed by atoms with van der Waals surface area (Å²) in [6.45, 7) is -0.507. The fourth-order valence-corrected chi connectivity index (χ4v) is 2.14. The third-order valence-corrected chi connectivity index (χ3v) is 3.04. The van der Waals surface area contributed by atoms with Gasteiger partial charge in [-0.3, -0.25) is 0 Å². The van der Waals surface area contributed by atoms with Crippen molar-refractivity contribution in [3.8, 4) is 0 Å². The summed E-state index contributed by atoms with van der Waals surface area (Å²) in [5.74, 6) is 0. The van der Waals surface area contributed by atoms with Gasteiger partial charge in [0.15, 0.2) is 0 Å². The molecule has 0 spiro atoms. The van der Waals surface area contributed by atoms with Crippen LogP contribution < -0.4 is 0 Å². The van der Waals surface area contributed by atoms with E-state index in [0.29, 0.717) is 18.0 Å². The minimum Gasteiger partial charge on any atom is -0.372 e. The highest BCUT2D eigenvalue weighted by Gasteiger charge is 2.27. The third kappa shape index (κ3) is 3.88. The van der Waals surface area contributed by atoms with Crippen LogP contribution in [0.1, 0.15) is 6.42 Å². The molecule has 0 saturated carbocycles. The number of aromatic nitrogens is 1. The van der Waals surface area contributed by atoms with Crippen LogP contribution in [0.2, 0.25) is 5.02 Å². The molecule has 2 nitrogen and oxygen atoms in total. The smallest absolute Gasteiger partial charge is 0.372 e. The fourth-order valence-electron chi connectivity index (χ4n) is 1.91. The van der Waals surface area contributed by atoms with Crippen molar-refractivity contribution in [1.82, 2.24) is 4.57 Å². The molecule has 0 atom stereocenters. The summed E-state index contributed by atoms with van der Waals surface area (Å²) in [6, 6.07) is 7.48. The van der Waals surface area contributed by atoms with E-state index >= 15 is 0 Å². The van der Waals surface area contributed by atoms with Crippen LogP contribution >= 0.6 is 11.6 Å². The average Bonchev–Trinajstić information content (AvgIpc) is 2.72. The molecule has 1 heterocycles. The molecule has 6 heteroatoms. The molecule has 0 aliphatic rings. The van der Waals surface area contributed by atoms with Gasteiger partial charge >= 0.3 is 6.18 Å². The number of benzene rings is 1. The Labute approximate surface area is 113 Å². The molecule has 0 amide bonds. The molecule has 0 bridgehead atoms. The lowest BCUT2D eigenvalue weighted by Crippen LogP contribution is -2.17. The summed E-state index contributed by atoms with van der Waals surface area (Å²) in [6.07, 6.45) is -1.86. The minimum absolute atomic E-state index is 0.0831. The van der Waals surface area contributed by atoms with E-state index in [1.165, 1.54) is 0 Å². The molecule has 0 aliphatic heterocycles. The number of aryl methyl sites for hydroxylation is 1. The van der Waals surface area contributed by atoms with Crippen molar-refractivity contribution >= 4 is 22.5 Å². The van der Waals surface area contributed by atoms with Gasteiger partial charge in [0.2, 0.25) is 0 Å². The van der Waals surface area contributed by atoms with Crippen LogP contribution in [0.5, 0.6) is 0 Å². The molecule has 0 unspecified atom stereocenters. The Bertz CT molecular complexity index is 550. The second-order valence-electron chi connectivity index (χ2n) is 4.20. The summed E-state index contributed by atoms with van der Waals surface area (Å²) < 4.78 is 42.1. The van der Waals surface area contributed by atoms with Gasteiger partial charge in [0.05, 0.1) is 0 Å². The van der Waals surface area contributed by atoms with Crippen molar-refractivity contribution < 1.29 is 17.9 Å². The number of fused-ring (bicyclic) bond motifs is 1. The number of alkyl halides is 3. The SMILES string of the molecule is FC(F)(F)COCCCn1ccc2c(Cl)cccc21. The van der Waals surface area contributed by atoms with Gasteiger partial charge in [-0.15, -0.1) is 0 Å². The minimum atomic E-state index is -4.26. The highest BCUT2D eigenvalue weighted by atomic mass is 35.5. The van der Waals surface area contributed by atoms with E-state index in [2.05, 4.69) is 4.74 Å². The Kier molecular flexibility index (Phi) is 4.37. The molecule has 0 saturated heterocycles. The lowest BCUT2D eigenvalue weighted by atomic mass is 10.2. The van der Waals surface area contributed by atoms with E-state index in [-0.39, 0.29) is 6.61 Å². The molecule has 1 aromatic heterocycles. The van der Waals surface area contributed by atoms with E-state index in [4.69, 9.17) is 11.6 Å². The molecule has 2 rings (SSSR count). The van der Waals surface area contributed by atoms with Gasteiger partial charge in [0.1, 0.15) is 6.61 Å². The summed E-state index contributed by atoms with van der Waals surface area (Å²) in [5, 5.41) is 1.62. The van der Waals surface area contributed by atoms with Crippen LogP contribution in [0, 0.1) is 0 Å². The standard InChI is InChI=1S/C13H13ClF3NO/c14-11-3-1-4-12-10(11)5-7-18(12)6-2-8-19-9-13(15,16)17/h1,3-5,7H,2,6,8-9H2. The fraction of sp³-hybridized carbons (Fsp3) is 0.385. The summed E-state index contributed by atoms with van der Waals surface area (Å²) in [5.41, 5.74) is 0.975. The molecule has 19 heavy (non-hydrogen) atoms. The van der Waals surface area contributed by atoms with Crippen molar-refractivity contribution in [3.63, 3.8) is 0 Å². The van der Waals surface area contributed by atoms with Crippen LogP contribution in [0.4, 0.5) is 13.2 Å². The molecule has 0 radical (unpaired) electrons. The van der Waals surface area contributed by atoms with Gasteiger partial charge in [0.25, 0.3) is 0 Å². The number of nitrogens with zero attached hydrogens (tertiary/aromatic N) is 1. The Balaban J connectivity index is 1.87. The monoisotopic (exact) mass is 291 g/mol. The first-order chi connectivity index (χ1) is 8.97. The molecular formula is C13H13ClF3NO. The zero-order valence-corrected chi connectivity index (χ0v) is 10.8. The maximum absolute atomic E-state index is 11.9. The van der Waals surface area contributed by atoms with Crippen LogP contribution in [0.15, 0.2) is 30.5 Å². The Morgan fingerprint density at radius 1 is 1.21 bits per heavy atom. The number of ether oxygens (including phenoxy) is 1. The van der Waals surface area contributed by atoms with Crippen molar-refractivity contribution in [2.24, 2.45) is 0 Å². The van der Waals surface area contributed by atoms with Crippen molar-refractivity contribution in [2.45, 2.75) is 19.1 Å². The van der Waals surface area contributed by atoms with Gasteiger partial charge < -0.3 is 9.30 Å². The van der Waals surface area contributed by atoms with E-state index in [9.17, 15) is 13.2 Å². The first-order valence-corrected chi connectivity index (χ1v) is 6.23. The summed E-state index contributed by atoms with van der Waals surface area (Å²) in [4.78, 5) is 0. The molecular weight excluding hydrogens is 279 g/mol. The molecule has 0 N–H and O–H groups in total. The second-order valence-corrected chi connectivity index (χ2v) is 4.61. The van der Waals surface area contributed by atoms with E-state index in [0.717, 1.165) is 10.9 Å². The van der Waals surface area contributed by atoms with Gasteiger partial charge in [-0.25, -0.2) is 0 Å². The van der Waals surface area contributed by atoms with Crippen LogP contribution in [0.3, 0.4) is 0 Å². The van der Waals surface area contributed by atoms with E-state index < -0.39 is 12.8 Å². The van der Waals surface area contributed by atoms with Crippen molar-refractivity contribution in [3.05, 3.63) is 35.5 Å². The summed E-state index contributed by atoms with van der Waals surface area (Å²) >= 11 is 6.04. The van der Waals surface area contributed by atoms with Gasteiger partial charge in [-0.1, -0.05) is 17.7 Å². The Morgan fingerprint density at radius 3 is 2.74 bits per heavy atom. The van der Waals surface area contributed by atoms with Crippen LogP contribution in [-0.4, -0.2) is 24.0 Å². The molecule has 104 valence electrons. The molecule has 0 fully saturated rings. The van der Waals surface area contributed by atoms with Crippen LogP contribution in [-0.2, 0) is 11.3 Å². The van der Waals surface area contributed by atoms with Crippen molar-refractivity contribution in [2.75, 3.05) is 13.2 Å². The zero-order chi connectivity index (χ0) is 13.9. The van der Waals surface area contributed by atoms with Gasteiger partial charge in [-0.2, -0.15) is 13.2 Å². The highest BCUT2D eigenvalue weighted by Crippen LogP contribution is 2.24. The maximum Gasteiger partial charge on any atom is 0.411 e. The highest BCUT2D eigenvalue weighted by molar-refractivity contribution is 6.35.